The maximum absolute atomic E-state index is 12.3. The second-order valence-electron chi connectivity index (χ2n) is 10.6. The molecular weight excluding hydrogens is 711 g/mol. The molecule has 15 nitrogen and oxygen atoms in total. The van der Waals surface area contributed by atoms with Gasteiger partial charge >= 0.3 is 0 Å². The Kier molecular flexibility index (Phi) is 8.91. The van der Waals surface area contributed by atoms with E-state index in [-0.39, 0.29) is 27.8 Å². The second-order valence-corrected chi connectivity index (χ2v) is 14.8. The highest BCUT2D eigenvalue weighted by molar-refractivity contribution is 7.86. The van der Waals surface area contributed by atoms with Crippen LogP contribution in [0.2, 0.25) is 0 Å². The second kappa shape index (κ2) is 13.0. The molecule has 6 aromatic rings. The van der Waals surface area contributed by atoms with E-state index in [0.29, 0.717) is 22.1 Å². The van der Waals surface area contributed by atoms with E-state index >= 15 is 0 Å². The smallest absolute Gasteiger partial charge is 0.298 e. The topological polar surface area (TPSA) is 245 Å². The van der Waals surface area contributed by atoms with Crippen LogP contribution >= 0.6 is 0 Å². The van der Waals surface area contributed by atoms with Gasteiger partial charge in [-0.1, -0.05) is 48.5 Å². The highest BCUT2D eigenvalue weighted by Gasteiger charge is 2.23. The predicted octanol–water partition coefficient (Wildman–Crippen LogP) is 8.01. The molecule has 0 aliphatic carbocycles. The standard InChI is InChI=1S/C32H23N5O10S3/c38-32-30(50(45,46)47)17-19-16-22(48(39,40)41)11-12-23(19)31(32)37-35-27-15-14-26(24-8-4-5-9-25(24)27)34-36-28-13-10-21(18-29(28)49(42,43)44)33-20-6-2-1-3-7-20/h1-18,33,38H,(H,39,40,41)(H,42,43,44)(H,45,46,47). The Morgan fingerprint density at radius 3 is 1.64 bits per heavy atom. The van der Waals surface area contributed by atoms with Crippen molar-refractivity contribution >= 4 is 86.0 Å². The molecule has 0 radical (unpaired) electrons. The minimum atomic E-state index is -5.02. The van der Waals surface area contributed by atoms with Gasteiger partial charge in [0.05, 0.1) is 16.3 Å². The molecular formula is C32H23N5O10S3. The average Bonchev–Trinajstić information content (AvgIpc) is 3.06. The molecule has 0 saturated carbocycles. The van der Waals surface area contributed by atoms with E-state index in [1.54, 1.807) is 54.6 Å². The number of azo groups is 2. The van der Waals surface area contributed by atoms with E-state index in [0.717, 1.165) is 18.2 Å². The van der Waals surface area contributed by atoms with Gasteiger partial charge in [-0.2, -0.15) is 25.3 Å². The van der Waals surface area contributed by atoms with Crippen molar-refractivity contribution in [3.8, 4) is 5.75 Å². The Morgan fingerprint density at radius 2 is 1.04 bits per heavy atom. The zero-order chi connectivity index (χ0) is 35.8. The van der Waals surface area contributed by atoms with Gasteiger partial charge in [0.2, 0.25) is 0 Å². The number of nitrogens with zero attached hydrogens (tertiary/aromatic N) is 4. The van der Waals surface area contributed by atoms with Crippen LogP contribution in [0.15, 0.2) is 144 Å². The third-order valence-electron chi connectivity index (χ3n) is 7.30. The van der Waals surface area contributed by atoms with Gasteiger partial charge in [0.25, 0.3) is 30.4 Å². The summed E-state index contributed by atoms with van der Waals surface area (Å²) in [5.41, 5.74) is 0.973. The van der Waals surface area contributed by atoms with E-state index in [4.69, 9.17) is 0 Å². The van der Waals surface area contributed by atoms with Gasteiger partial charge in [-0.15, -0.1) is 20.5 Å². The van der Waals surface area contributed by atoms with Gasteiger partial charge in [-0.25, -0.2) is 0 Å². The molecule has 0 unspecified atom stereocenters. The maximum Gasteiger partial charge on any atom is 0.298 e. The van der Waals surface area contributed by atoms with Crippen LogP contribution in [0.5, 0.6) is 5.75 Å². The molecule has 18 heteroatoms. The fourth-order valence-electron chi connectivity index (χ4n) is 5.01. The summed E-state index contributed by atoms with van der Waals surface area (Å²) >= 11 is 0. The van der Waals surface area contributed by atoms with E-state index in [1.165, 1.54) is 30.3 Å². The van der Waals surface area contributed by atoms with E-state index in [9.17, 15) is 44.0 Å². The summed E-state index contributed by atoms with van der Waals surface area (Å²) < 4.78 is 101. The number of hydrogen-bond acceptors (Lipinski definition) is 12. The van der Waals surface area contributed by atoms with Crippen molar-refractivity contribution in [1.29, 1.82) is 0 Å². The highest BCUT2D eigenvalue weighted by atomic mass is 32.2. The van der Waals surface area contributed by atoms with Crippen LogP contribution in [0.3, 0.4) is 0 Å². The van der Waals surface area contributed by atoms with Crippen molar-refractivity contribution in [2.45, 2.75) is 14.7 Å². The van der Waals surface area contributed by atoms with Gasteiger partial charge in [-0.3, -0.25) is 13.7 Å². The SMILES string of the molecule is O=S(=O)(O)c1ccc2c(N=Nc3ccc(N=Nc4ccc(Nc5ccccc5)cc4S(=O)(=O)O)c4ccccc34)c(O)c(S(=O)(=O)O)cc2c1. The Labute approximate surface area is 284 Å². The zero-order valence-electron chi connectivity index (χ0n) is 25.1. The number of aromatic hydroxyl groups is 1. The molecule has 0 spiro atoms. The number of nitrogens with one attached hydrogen (secondary N) is 1. The van der Waals surface area contributed by atoms with Crippen molar-refractivity contribution in [2.75, 3.05) is 5.32 Å². The Morgan fingerprint density at radius 1 is 0.480 bits per heavy atom. The van der Waals surface area contributed by atoms with Gasteiger partial charge in [0.15, 0.2) is 5.75 Å². The van der Waals surface area contributed by atoms with E-state index in [1.807, 2.05) is 6.07 Å². The minimum absolute atomic E-state index is 0.0420. The molecule has 0 aliphatic rings. The molecule has 0 amide bonds. The Hall–Kier alpha value is -5.63. The third-order valence-corrected chi connectivity index (χ3v) is 9.90. The van der Waals surface area contributed by atoms with Crippen molar-refractivity contribution in [3.63, 3.8) is 0 Å². The first-order valence-electron chi connectivity index (χ1n) is 14.1. The number of hydrogen-bond donors (Lipinski definition) is 5. The van der Waals surface area contributed by atoms with Gasteiger partial charge in [0.1, 0.15) is 21.2 Å². The normalized spacial score (nSPS) is 12.7. The highest BCUT2D eigenvalue weighted by Crippen LogP contribution is 2.43. The lowest BCUT2D eigenvalue weighted by molar-refractivity contribution is 0.445. The molecule has 0 heterocycles. The van der Waals surface area contributed by atoms with Crippen LogP contribution in [0, 0.1) is 0 Å². The summed E-state index contributed by atoms with van der Waals surface area (Å²) in [5, 5.41) is 31.3. The molecule has 5 N–H and O–H groups in total. The van der Waals surface area contributed by atoms with Crippen LogP contribution in [-0.4, -0.2) is 44.0 Å². The quantitative estimate of drug-likeness (QED) is 0.0703. The average molecular weight is 734 g/mol. The van der Waals surface area contributed by atoms with Crippen LogP contribution in [0.4, 0.5) is 34.1 Å². The van der Waals surface area contributed by atoms with Crippen LogP contribution in [0.25, 0.3) is 21.5 Å². The first-order chi connectivity index (χ1) is 23.6. The fourth-order valence-corrected chi connectivity index (χ4v) is 6.79. The molecule has 6 aromatic carbocycles. The van der Waals surface area contributed by atoms with Crippen molar-refractivity contribution < 1.29 is 44.0 Å². The number of fused-ring (bicyclic) bond motifs is 2. The van der Waals surface area contributed by atoms with E-state index in [2.05, 4.69) is 25.8 Å². The first kappa shape index (κ1) is 34.2. The molecule has 0 aliphatic heterocycles. The fraction of sp³-hybridized carbons (Fsp3) is 0. The zero-order valence-corrected chi connectivity index (χ0v) is 27.6. The Bertz CT molecular complexity index is 2720. The lowest BCUT2D eigenvalue weighted by atomic mass is 10.1. The van der Waals surface area contributed by atoms with Gasteiger partial charge in [0, 0.05) is 27.5 Å². The monoisotopic (exact) mass is 733 g/mol. The van der Waals surface area contributed by atoms with E-state index < -0.39 is 56.5 Å². The summed E-state index contributed by atoms with van der Waals surface area (Å²) in [4.78, 5) is -2.03. The number of para-hydroxylation sites is 1. The summed E-state index contributed by atoms with van der Waals surface area (Å²) in [6, 6.07) is 26.7. The number of phenolic OH excluding ortho intramolecular Hbond substituents is 1. The third kappa shape index (κ3) is 7.20. The van der Waals surface area contributed by atoms with Gasteiger partial charge < -0.3 is 10.4 Å². The largest absolute Gasteiger partial charge is 0.504 e. The maximum atomic E-state index is 12.3. The summed E-state index contributed by atoms with van der Waals surface area (Å²) in [7, 11) is -14.4. The minimum Gasteiger partial charge on any atom is -0.504 e. The molecule has 0 bridgehead atoms. The molecule has 0 fully saturated rings. The number of benzene rings is 6. The molecule has 6 rings (SSSR count). The molecule has 0 saturated heterocycles. The van der Waals surface area contributed by atoms with Crippen molar-refractivity contribution in [3.05, 3.63) is 109 Å². The van der Waals surface area contributed by atoms with Crippen molar-refractivity contribution in [1.82, 2.24) is 0 Å². The number of anilines is 2. The van der Waals surface area contributed by atoms with Gasteiger partial charge in [-0.05, 0) is 66.0 Å². The summed E-state index contributed by atoms with van der Waals surface area (Å²) in [6.07, 6.45) is 0. The molecule has 0 atom stereocenters. The van der Waals surface area contributed by atoms with Crippen molar-refractivity contribution in [2.24, 2.45) is 20.5 Å². The van der Waals surface area contributed by atoms with Crippen LogP contribution in [-0.2, 0) is 30.4 Å². The van der Waals surface area contributed by atoms with Crippen LogP contribution in [0.1, 0.15) is 0 Å². The lowest BCUT2D eigenvalue weighted by Gasteiger charge is -2.10. The molecule has 0 aromatic heterocycles. The molecule has 254 valence electrons. The first-order valence-corrected chi connectivity index (χ1v) is 18.5. The molecule has 50 heavy (non-hydrogen) atoms. The lowest BCUT2D eigenvalue weighted by Crippen LogP contribution is -2.00. The number of rotatable bonds is 9. The Balaban J connectivity index is 1.40. The van der Waals surface area contributed by atoms with Crippen LogP contribution < -0.4 is 5.32 Å². The summed E-state index contributed by atoms with van der Waals surface area (Å²) in [6.45, 7) is 0. The number of phenols is 1. The predicted molar refractivity (Wildman–Crippen MR) is 184 cm³/mol. The summed E-state index contributed by atoms with van der Waals surface area (Å²) in [5.74, 6) is -0.960.